The zero-order chi connectivity index (χ0) is 10.7. The molecule has 0 amide bonds. The van der Waals surface area contributed by atoms with Crippen LogP contribution in [0.15, 0.2) is 36.5 Å². The van der Waals surface area contributed by atoms with Gasteiger partial charge in [-0.1, -0.05) is 6.07 Å². The van der Waals surface area contributed by atoms with Crippen LogP contribution in [0.4, 0.5) is 0 Å². The van der Waals surface area contributed by atoms with Crippen molar-refractivity contribution in [2.75, 3.05) is 0 Å². The highest BCUT2D eigenvalue weighted by Crippen LogP contribution is 2.29. The Balaban J connectivity index is 2.07. The molecule has 2 aromatic heterocycles. The molecule has 1 atom stereocenters. The van der Waals surface area contributed by atoms with E-state index in [2.05, 4.69) is 24.0 Å². The van der Waals surface area contributed by atoms with E-state index in [1.807, 2.05) is 18.2 Å². The number of halogens is 1. The van der Waals surface area contributed by atoms with E-state index in [1.54, 1.807) is 17.5 Å². The normalized spacial score (nSPS) is 12.7. The second kappa shape index (κ2) is 4.77. The van der Waals surface area contributed by atoms with E-state index in [9.17, 15) is 0 Å². The van der Waals surface area contributed by atoms with Gasteiger partial charge in [0.15, 0.2) is 0 Å². The van der Waals surface area contributed by atoms with Gasteiger partial charge in [-0.3, -0.25) is 4.98 Å². The van der Waals surface area contributed by atoms with Gasteiger partial charge in [-0.2, -0.15) is 0 Å². The highest BCUT2D eigenvalue weighted by atomic mass is 35.5. The Morgan fingerprint density at radius 1 is 1.33 bits per heavy atom. The van der Waals surface area contributed by atoms with Crippen molar-refractivity contribution >= 4 is 22.9 Å². The van der Waals surface area contributed by atoms with Crippen molar-refractivity contribution in [2.24, 2.45) is 0 Å². The summed E-state index contributed by atoms with van der Waals surface area (Å²) in [4.78, 5) is 6.80. The summed E-state index contributed by atoms with van der Waals surface area (Å²) in [7, 11) is 0. The van der Waals surface area contributed by atoms with Gasteiger partial charge in [0.1, 0.15) is 0 Å². The lowest BCUT2D eigenvalue weighted by Crippen LogP contribution is -1.95. The minimum atomic E-state index is 0.0404. The number of nitrogens with zero attached hydrogens (tertiary/aromatic N) is 1. The first-order chi connectivity index (χ1) is 7.25. The van der Waals surface area contributed by atoms with Gasteiger partial charge in [-0.25, -0.2) is 0 Å². The number of aromatic nitrogens is 1. The van der Waals surface area contributed by atoms with Crippen molar-refractivity contribution in [1.82, 2.24) is 4.98 Å². The van der Waals surface area contributed by atoms with Crippen molar-refractivity contribution in [1.29, 1.82) is 0 Å². The number of pyridine rings is 1. The number of aryl methyl sites for hydroxylation is 1. The molecule has 3 heteroatoms. The van der Waals surface area contributed by atoms with Crippen molar-refractivity contribution in [3.8, 4) is 0 Å². The Kier molecular flexibility index (Phi) is 3.39. The molecule has 0 radical (unpaired) electrons. The SMILES string of the molecule is Cc1ccc(C(Cl)Cc2ccccn2)s1. The minimum Gasteiger partial charge on any atom is -0.261 e. The van der Waals surface area contributed by atoms with Crippen molar-refractivity contribution in [3.63, 3.8) is 0 Å². The fraction of sp³-hybridized carbons (Fsp3) is 0.250. The summed E-state index contributed by atoms with van der Waals surface area (Å²) in [6.07, 6.45) is 2.60. The molecule has 0 saturated heterocycles. The summed E-state index contributed by atoms with van der Waals surface area (Å²) in [6, 6.07) is 10.1. The maximum atomic E-state index is 6.32. The monoisotopic (exact) mass is 237 g/mol. The molecular weight excluding hydrogens is 226 g/mol. The van der Waals surface area contributed by atoms with Crippen LogP contribution in [-0.4, -0.2) is 4.98 Å². The van der Waals surface area contributed by atoms with E-state index >= 15 is 0 Å². The summed E-state index contributed by atoms with van der Waals surface area (Å²) in [5.74, 6) is 0. The molecule has 0 aliphatic heterocycles. The summed E-state index contributed by atoms with van der Waals surface area (Å²) in [6.45, 7) is 2.10. The fourth-order valence-electron chi connectivity index (χ4n) is 1.42. The molecule has 0 fully saturated rings. The lowest BCUT2D eigenvalue weighted by molar-refractivity contribution is 0.896. The van der Waals surface area contributed by atoms with Crippen LogP contribution < -0.4 is 0 Å². The molecule has 0 aliphatic rings. The van der Waals surface area contributed by atoms with Gasteiger partial charge in [-0.05, 0) is 31.2 Å². The molecular formula is C12H12ClNS. The first kappa shape index (κ1) is 10.7. The van der Waals surface area contributed by atoms with Gasteiger partial charge >= 0.3 is 0 Å². The number of alkyl halides is 1. The maximum absolute atomic E-state index is 6.32. The Labute approximate surface area is 98.7 Å². The third-order valence-electron chi connectivity index (χ3n) is 2.18. The highest BCUT2D eigenvalue weighted by Gasteiger charge is 2.11. The van der Waals surface area contributed by atoms with E-state index in [-0.39, 0.29) is 5.38 Å². The van der Waals surface area contributed by atoms with Gasteiger partial charge in [0.25, 0.3) is 0 Å². The van der Waals surface area contributed by atoms with Crippen molar-refractivity contribution in [2.45, 2.75) is 18.7 Å². The number of thiophene rings is 1. The van der Waals surface area contributed by atoms with Crippen LogP contribution in [0.5, 0.6) is 0 Å². The molecule has 0 spiro atoms. The quantitative estimate of drug-likeness (QED) is 0.736. The molecule has 0 aliphatic carbocycles. The Hall–Kier alpha value is -0.860. The molecule has 1 nitrogen and oxygen atoms in total. The topological polar surface area (TPSA) is 12.9 Å². The minimum absolute atomic E-state index is 0.0404. The Morgan fingerprint density at radius 3 is 2.80 bits per heavy atom. The molecule has 0 saturated carbocycles. The average Bonchev–Trinajstić information content (AvgIpc) is 2.66. The predicted octanol–water partition coefficient (Wildman–Crippen LogP) is 3.97. The van der Waals surface area contributed by atoms with Crippen LogP contribution in [0.25, 0.3) is 0 Å². The molecule has 0 aromatic carbocycles. The third kappa shape index (κ3) is 2.80. The molecule has 1 unspecified atom stereocenters. The van der Waals surface area contributed by atoms with Crippen LogP contribution >= 0.6 is 22.9 Å². The summed E-state index contributed by atoms with van der Waals surface area (Å²) in [5.41, 5.74) is 1.04. The molecule has 2 rings (SSSR count). The van der Waals surface area contributed by atoms with Gasteiger partial charge in [-0.15, -0.1) is 22.9 Å². The third-order valence-corrected chi connectivity index (χ3v) is 3.82. The standard InChI is InChI=1S/C12H12ClNS/c1-9-5-6-12(15-9)11(13)8-10-4-2-3-7-14-10/h2-7,11H,8H2,1H3. The van der Waals surface area contributed by atoms with Gasteiger partial charge in [0.05, 0.1) is 5.38 Å². The number of hydrogen-bond acceptors (Lipinski definition) is 2. The predicted molar refractivity (Wildman–Crippen MR) is 65.6 cm³/mol. The lowest BCUT2D eigenvalue weighted by atomic mass is 10.2. The van der Waals surface area contributed by atoms with Gasteiger partial charge in [0, 0.05) is 28.1 Å². The number of rotatable bonds is 3. The molecule has 0 N–H and O–H groups in total. The van der Waals surface area contributed by atoms with E-state index in [0.717, 1.165) is 12.1 Å². The van der Waals surface area contributed by atoms with Crippen LogP contribution in [0.3, 0.4) is 0 Å². The highest BCUT2D eigenvalue weighted by molar-refractivity contribution is 7.12. The fourth-order valence-corrected chi connectivity index (χ4v) is 2.64. The van der Waals surface area contributed by atoms with E-state index in [4.69, 9.17) is 11.6 Å². The molecule has 0 bridgehead atoms. The van der Waals surface area contributed by atoms with Crippen LogP contribution in [0.2, 0.25) is 0 Å². The Bertz CT molecular complexity index is 424. The summed E-state index contributed by atoms with van der Waals surface area (Å²) >= 11 is 8.08. The van der Waals surface area contributed by atoms with Crippen LogP contribution in [0, 0.1) is 6.92 Å². The van der Waals surface area contributed by atoms with Crippen LogP contribution in [0.1, 0.15) is 20.8 Å². The Morgan fingerprint density at radius 2 is 2.20 bits per heavy atom. The van der Waals surface area contributed by atoms with E-state index in [0.29, 0.717) is 0 Å². The van der Waals surface area contributed by atoms with Crippen molar-refractivity contribution < 1.29 is 0 Å². The molecule has 2 aromatic rings. The first-order valence-corrected chi connectivity index (χ1v) is 6.11. The smallest absolute Gasteiger partial charge is 0.0733 e. The van der Waals surface area contributed by atoms with E-state index in [1.165, 1.54) is 9.75 Å². The van der Waals surface area contributed by atoms with E-state index < -0.39 is 0 Å². The first-order valence-electron chi connectivity index (χ1n) is 4.86. The summed E-state index contributed by atoms with van der Waals surface area (Å²) in [5, 5.41) is 0.0404. The summed E-state index contributed by atoms with van der Waals surface area (Å²) < 4.78 is 0. The second-order valence-corrected chi connectivity index (χ2v) is 5.29. The van der Waals surface area contributed by atoms with Gasteiger partial charge < -0.3 is 0 Å². The van der Waals surface area contributed by atoms with Gasteiger partial charge in [0.2, 0.25) is 0 Å². The zero-order valence-electron chi connectivity index (χ0n) is 8.48. The van der Waals surface area contributed by atoms with Crippen molar-refractivity contribution in [3.05, 3.63) is 52.0 Å². The zero-order valence-corrected chi connectivity index (χ0v) is 10.1. The largest absolute Gasteiger partial charge is 0.261 e. The molecule has 78 valence electrons. The number of hydrogen-bond donors (Lipinski definition) is 0. The molecule has 15 heavy (non-hydrogen) atoms. The molecule has 2 heterocycles. The lowest BCUT2D eigenvalue weighted by Gasteiger charge is -2.05. The van der Waals surface area contributed by atoms with Crippen LogP contribution in [-0.2, 0) is 6.42 Å². The maximum Gasteiger partial charge on any atom is 0.0733 e. The average molecular weight is 238 g/mol. The second-order valence-electron chi connectivity index (χ2n) is 3.44.